The first-order chi connectivity index (χ1) is 33.2. The summed E-state index contributed by atoms with van der Waals surface area (Å²) in [4.78, 5) is 45.5. The van der Waals surface area contributed by atoms with Gasteiger partial charge in [-0.25, -0.2) is 0 Å². The monoisotopic (exact) mass is 946 g/mol. The Morgan fingerprint density at radius 2 is 1.55 bits per heavy atom. The first-order valence-electron chi connectivity index (χ1n) is 24.4. The fourth-order valence-electron chi connectivity index (χ4n) is 8.19. The molecule has 0 radical (unpaired) electrons. The van der Waals surface area contributed by atoms with E-state index in [1.54, 1.807) is 12.1 Å². The molecule has 2 heterocycles. The topological polar surface area (TPSA) is 184 Å². The van der Waals surface area contributed by atoms with Gasteiger partial charge in [-0.05, 0) is 142 Å². The highest BCUT2D eigenvalue weighted by Gasteiger charge is 2.25. The van der Waals surface area contributed by atoms with Crippen molar-refractivity contribution in [2.45, 2.75) is 120 Å². The van der Waals surface area contributed by atoms with Gasteiger partial charge in [0, 0.05) is 62.1 Å². The summed E-state index contributed by atoms with van der Waals surface area (Å²) in [6.07, 6.45) is 5.77. The van der Waals surface area contributed by atoms with Gasteiger partial charge in [0.1, 0.15) is 11.5 Å². The number of nitrogens with zero attached hydrogens (tertiary/aromatic N) is 1. The van der Waals surface area contributed by atoms with Crippen LogP contribution in [0.2, 0.25) is 0 Å². The summed E-state index contributed by atoms with van der Waals surface area (Å²) in [5, 5.41) is 9.70. The Balaban J connectivity index is 0.000000475. The van der Waals surface area contributed by atoms with Gasteiger partial charge in [0.05, 0.1) is 24.5 Å². The van der Waals surface area contributed by atoms with Crippen molar-refractivity contribution < 1.29 is 37.9 Å². The van der Waals surface area contributed by atoms with Gasteiger partial charge in [-0.2, -0.15) is 0 Å². The van der Waals surface area contributed by atoms with Crippen LogP contribution < -0.4 is 26.6 Å². The highest BCUT2D eigenvalue weighted by molar-refractivity contribution is 6.10. The number of anilines is 1. The first-order valence-corrected chi connectivity index (χ1v) is 24.4. The Labute approximate surface area is 409 Å². The number of benzene rings is 4. The molecule has 1 fully saturated rings. The van der Waals surface area contributed by atoms with E-state index in [4.69, 9.17) is 24.6 Å². The number of hydrogen-bond donors (Lipinski definition) is 4. The van der Waals surface area contributed by atoms with Crippen LogP contribution in [0.4, 0.5) is 5.69 Å². The molecule has 0 aliphatic carbocycles. The molecule has 6 rings (SSSR count). The maximum Gasteiger partial charge on any atom is 0.229 e. The van der Waals surface area contributed by atoms with E-state index < -0.39 is 0 Å². The molecule has 13 nitrogen and oxygen atoms in total. The molecule has 5 aromatic rings. The van der Waals surface area contributed by atoms with Crippen molar-refractivity contribution in [3.05, 3.63) is 124 Å². The van der Waals surface area contributed by atoms with Crippen LogP contribution in [0, 0.1) is 26.7 Å². The number of aromatic nitrogens is 1. The number of amides is 2. The number of nitrogens with one attached hydrogen (secondary N) is 3. The smallest absolute Gasteiger partial charge is 0.229 e. The van der Waals surface area contributed by atoms with Crippen molar-refractivity contribution >= 4 is 29.1 Å². The fourth-order valence-corrected chi connectivity index (χ4v) is 8.19. The Bertz CT molecular complexity index is 2410. The Morgan fingerprint density at radius 1 is 0.841 bits per heavy atom. The van der Waals surface area contributed by atoms with E-state index in [0.717, 1.165) is 78.0 Å². The summed E-state index contributed by atoms with van der Waals surface area (Å²) in [6.45, 7) is 21.5. The number of imide groups is 1. The summed E-state index contributed by atoms with van der Waals surface area (Å²) in [5.41, 5.74) is 14.6. The molecule has 5 N–H and O–H groups in total. The van der Waals surface area contributed by atoms with Gasteiger partial charge in [-0.1, -0.05) is 87.4 Å². The number of ether oxygens (including phenoxy) is 3. The summed E-state index contributed by atoms with van der Waals surface area (Å²) >= 11 is 0. The lowest BCUT2D eigenvalue weighted by Crippen LogP contribution is -2.40. The molecule has 1 aliphatic heterocycles. The second-order valence-electron chi connectivity index (χ2n) is 17.6. The van der Waals surface area contributed by atoms with Crippen molar-refractivity contribution in [2.75, 3.05) is 44.9 Å². The Morgan fingerprint density at radius 3 is 2.16 bits per heavy atom. The molecular formula is C56H75N5O8. The number of ketones is 2. The summed E-state index contributed by atoms with van der Waals surface area (Å²) in [6, 6.07) is 26.5. The second-order valence-corrected chi connectivity index (χ2v) is 17.6. The molecule has 1 aromatic heterocycles. The third-order valence-electron chi connectivity index (χ3n) is 11.9. The molecule has 0 saturated carbocycles. The normalized spacial score (nSPS) is 13.2. The molecule has 69 heavy (non-hydrogen) atoms. The van der Waals surface area contributed by atoms with Crippen LogP contribution in [0.5, 0.6) is 5.75 Å². The minimum atomic E-state index is -0.139. The van der Waals surface area contributed by atoms with E-state index in [1.807, 2.05) is 39.0 Å². The SMILES string of the molecule is CC(=O)c1cccc(NCCOCCCOCCCCOc2ccc(C)c(-c3c(CNN)cc(-c4c(C)noc4C)cc3C(C)C)c2)c1C(C)=O.CCC1CCC(=O)NC1=O.CCc1ccccc1. The van der Waals surface area contributed by atoms with Gasteiger partial charge in [-0.15, -0.1) is 0 Å². The third kappa shape index (κ3) is 17.2. The zero-order chi connectivity index (χ0) is 50.3. The largest absolute Gasteiger partial charge is 0.494 e. The quantitative estimate of drug-likeness (QED) is 0.0160. The lowest BCUT2D eigenvalue weighted by atomic mass is 9.84. The maximum absolute atomic E-state index is 12.1. The van der Waals surface area contributed by atoms with Crippen LogP contribution in [0.3, 0.4) is 0 Å². The number of hydrazine groups is 1. The number of unbranched alkanes of at least 4 members (excludes halogenated alkanes) is 1. The molecule has 0 bridgehead atoms. The van der Waals surface area contributed by atoms with Gasteiger partial charge in [-0.3, -0.25) is 35.8 Å². The lowest BCUT2D eigenvalue weighted by molar-refractivity contribution is -0.136. The average molecular weight is 946 g/mol. The van der Waals surface area contributed by atoms with E-state index in [9.17, 15) is 19.2 Å². The van der Waals surface area contributed by atoms with E-state index in [-0.39, 0.29) is 35.2 Å². The summed E-state index contributed by atoms with van der Waals surface area (Å²) < 4.78 is 23.2. The van der Waals surface area contributed by atoms with Crippen LogP contribution >= 0.6 is 0 Å². The first kappa shape index (κ1) is 55.6. The van der Waals surface area contributed by atoms with Crippen molar-refractivity contribution in [3.63, 3.8) is 0 Å². The molecule has 1 unspecified atom stereocenters. The Kier molecular flexibility index (Phi) is 23.5. The molecule has 1 atom stereocenters. The number of nitrogens with two attached hydrogens (primary N) is 1. The molecule has 1 aliphatic rings. The number of carbonyl (C=O) groups excluding carboxylic acids is 4. The molecular weight excluding hydrogens is 871 g/mol. The van der Waals surface area contributed by atoms with E-state index in [1.165, 1.54) is 36.1 Å². The number of carbonyl (C=O) groups is 4. The number of hydrogen-bond acceptors (Lipinski definition) is 12. The van der Waals surface area contributed by atoms with Crippen molar-refractivity contribution in [3.8, 4) is 28.0 Å². The van der Waals surface area contributed by atoms with Gasteiger partial charge in [0.25, 0.3) is 0 Å². The number of rotatable bonds is 23. The highest BCUT2D eigenvalue weighted by atomic mass is 16.5. The number of piperidine rings is 1. The van der Waals surface area contributed by atoms with Crippen LogP contribution in [0.1, 0.15) is 140 Å². The van der Waals surface area contributed by atoms with Crippen molar-refractivity contribution in [1.29, 1.82) is 0 Å². The molecule has 2 amide bonds. The van der Waals surface area contributed by atoms with Gasteiger partial charge in [0.2, 0.25) is 11.8 Å². The Hall–Kier alpha value is -5.99. The summed E-state index contributed by atoms with van der Waals surface area (Å²) in [5.74, 6) is 7.37. The lowest BCUT2D eigenvalue weighted by Gasteiger charge is -2.22. The zero-order valence-corrected chi connectivity index (χ0v) is 42.4. The molecule has 372 valence electrons. The predicted octanol–water partition coefficient (Wildman–Crippen LogP) is 10.8. The minimum Gasteiger partial charge on any atom is -0.494 e. The standard InChI is InChI=1S/C41H54N4O6.C8H10.C7H11NO2/c1-26(2)36-23-32(39-28(4)45-51-31(39)7)22-33(25-44-42)41(36)37-24-34(15-14-27(37)3)50-20-9-8-17-48-18-11-19-49-21-16-43-38-13-10-12-35(29(5)46)40(38)30(6)47;1-2-8-6-4-3-5-7-8;1-2-5-3-4-6(9)8-7(5)10/h10,12-15,22-24,26,43-44H,8-9,11,16-21,25,42H2,1-7H3;3-7H,2H2,1H3;5H,2-4H2,1H3,(H,8,9,10). The molecule has 1 saturated heterocycles. The van der Waals surface area contributed by atoms with Crippen molar-refractivity contribution in [1.82, 2.24) is 15.9 Å². The molecule has 4 aromatic carbocycles. The minimum absolute atomic E-state index is 0.0673. The maximum atomic E-state index is 12.1. The number of aryl methyl sites for hydroxylation is 4. The number of Topliss-reactive ketones (excluding diaryl/α,β-unsaturated/α-hetero) is 2. The van der Waals surface area contributed by atoms with Crippen LogP contribution in [-0.2, 0) is 32.0 Å². The van der Waals surface area contributed by atoms with Gasteiger partial charge >= 0.3 is 0 Å². The van der Waals surface area contributed by atoms with E-state index in [2.05, 4.69) is 97.4 Å². The average Bonchev–Trinajstić information content (AvgIpc) is 3.67. The summed E-state index contributed by atoms with van der Waals surface area (Å²) in [7, 11) is 0. The van der Waals surface area contributed by atoms with Crippen LogP contribution in [-0.4, -0.2) is 68.1 Å². The van der Waals surface area contributed by atoms with Crippen LogP contribution in [0.25, 0.3) is 22.3 Å². The van der Waals surface area contributed by atoms with E-state index >= 15 is 0 Å². The zero-order valence-electron chi connectivity index (χ0n) is 42.4. The highest BCUT2D eigenvalue weighted by Crippen LogP contribution is 2.40. The predicted molar refractivity (Wildman–Crippen MR) is 275 cm³/mol. The van der Waals surface area contributed by atoms with Gasteiger partial charge < -0.3 is 24.1 Å². The van der Waals surface area contributed by atoms with Crippen molar-refractivity contribution in [2.24, 2.45) is 11.8 Å². The molecule has 0 spiro atoms. The third-order valence-corrected chi connectivity index (χ3v) is 11.9. The van der Waals surface area contributed by atoms with Crippen LogP contribution in [0.15, 0.2) is 83.4 Å². The van der Waals surface area contributed by atoms with Gasteiger partial charge in [0.15, 0.2) is 11.6 Å². The van der Waals surface area contributed by atoms with E-state index in [0.29, 0.717) is 69.4 Å². The second kappa shape index (κ2) is 29.1. The molecule has 13 heteroatoms. The fraction of sp³-hybridized carbons (Fsp3) is 0.446.